The molecule has 1 rings (SSSR count). The number of nitrogens with zero attached hydrogens (tertiary/aromatic N) is 1. The predicted octanol–water partition coefficient (Wildman–Crippen LogP) is 1.92. The van der Waals surface area contributed by atoms with Gasteiger partial charge >= 0.3 is 0 Å². The van der Waals surface area contributed by atoms with Crippen LogP contribution >= 0.6 is 0 Å². The summed E-state index contributed by atoms with van der Waals surface area (Å²) in [7, 11) is 0. The van der Waals surface area contributed by atoms with Gasteiger partial charge in [0.2, 0.25) is 0 Å². The van der Waals surface area contributed by atoms with Crippen LogP contribution in [-0.2, 0) is 0 Å². The fraction of sp³-hybridized carbons (Fsp3) is 0.333. The predicted molar refractivity (Wildman–Crippen MR) is 70.9 cm³/mol. The first kappa shape index (κ1) is 14.0. The van der Waals surface area contributed by atoms with Crippen LogP contribution < -0.4 is 15.8 Å². The second-order valence-electron chi connectivity index (χ2n) is 3.49. The molecule has 0 bridgehead atoms. The molecule has 1 aromatic carbocycles. The SMILES string of the molecule is CCOc1cc(NC/C=C/CN)cc([N+](=O)[O-])c1. The Kier molecular flexibility index (Phi) is 5.66. The van der Waals surface area contributed by atoms with Crippen molar-refractivity contribution in [1.82, 2.24) is 0 Å². The molecule has 0 atom stereocenters. The van der Waals surface area contributed by atoms with Crippen LogP contribution in [0.4, 0.5) is 11.4 Å². The van der Waals surface area contributed by atoms with Crippen molar-refractivity contribution in [2.45, 2.75) is 6.92 Å². The van der Waals surface area contributed by atoms with E-state index in [1.807, 2.05) is 19.1 Å². The highest BCUT2D eigenvalue weighted by molar-refractivity contribution is 5.56. The Morgan fingerprint density at radius 2 is 2.22 bits per heavy atom. The number of hydrogen-bond donors (Lipinski definition) is 2. The zero-order chi connectivity index (χ0) is 13.4. The summed E-state index contributed by atoms with van der Waals surface area (Å²) in [6.45, 7) is 3.33. The normalized spacial score (nSPS) is 10.6. The van der Waals surface area contributed by atoms with Crippen LogP contribution in [0.5, 0.6) is 5.75 Å². The van der Waals surface area contributed by atoms with Crippen LogP contribution in [0.3, 0.4) is 0 Å². The van der Waals surface area contributed by atoms with Gasteiger partial charge in [-0.1, -0.05) is 12.2 Å². The second-order valence-corrected chi connectivity index (χ2v) is 3.49. The molecule has 0 aliphatic rings. The van der Waals surface area contributed by atoms with Crippen molar-refractivity contribution in [3.05, 3.63) is 40.5 Å². The second kappa shape index (κ2) is 7.29. The average Bonchev–Trinajstić information content (AvgIpc) is 2.35. The molecule has 0 saturated carbocycles. The largest absolute Gasteiger partial charge is 0.494 e. The fourth-order valence-corrected chi connectivity index (χ4v) is 1.40. The van der Waals surface area contributed by atoms with Gasteiger partial charge < -0.3 is 15.8 Å². The number of nitro groups is 1. The molecule has 0 radical (unpaired) electrons. The van der Waals surface area contributed by atoms with Crippen molar-refractivity contribution < 1.29 is 9.66 Å². The molecule has 6 heteroatoms. The molecular weight excluding hydrogens is 234 g/mol. The third-order valence-electron chi connectivity index (χ3n) is 2.14. The molecule has 18 heavy (non-hydrogen) atoms. The van der Waals surface area contributed by atoms with Gasteiger partial charge in [-0.05, 0) is 6.92 Å². The molecule has 6 nitrogen and oxygen atoms in total. The Balaban J connectivity index is 2.82. The van der Waals surface area contributed by atoms with Gasteiger partial charge in [-0.25, -0.2) is 0 Å². The zero-order valence-electron chi connectivity index (χ0n) is 10.3. The minimum atomic E-state index is -0.441. The standard InChI is InChI=1S/C12H17N3O3/c1-2-18-12-8-10(14-6-4-3-5-13)7-11(9-12)15(16)17/h3-4,7-9,14H,2,5-6,13H2,1H3/b4-3+. The molecule has 1 aromatic rings. The lowest BCUT2D eigenvalue weighted by atomic mass is 10.2. The number of non-ortho nitro benzene ring substituents is 1. The third-order valence-corrected chi connectivity index (χ3v) is 2.14. The van der Waals surface area contributed by atoms with Crippen LogP contribution in [0, 0.1) is 10.1 Å². The number of nitro benzene ring substituents is 1. The van der Waals surface area contributed by atoms with Gasteiger partial charge in [-0.15, -0.1) is 0 Å². The number of rotatable bonds is 7. The number of benzene rings is 1. The molecule has 0 aromatic heterocycles. The highest BCUT2D eigenvalue weighted by Gasteiger charge is 2.09. The Hall–Kier alpha value is -2.08. The quantitative estimate of drug-likeness (QED) is 0.439. The first-order valence-corrected chi connectivity index (χ1v) is 5.68. The van der Waals surface area contributed by atoms with Gasteiger partial charge in [0.25, 0.3) is 5.69 Å². The average molecular weight is 251 g/mol. The van der Waals surface area contributed by atoms with Gasteiger partial charge in [0.15, 0.2) is 0 Å². The summed E-state index contributed by atoms with van der Waals surface area (Å²) in [5.41, 5.74) is 5.96. The Bertz CT molecular complexity index is 433. The summed E-state index contributed by atoms with van der Waals surface area (Å²) in [5, 5.41) is 13.8. The van der Waals surface area contributed by atoms with Crippen molar-refractivity contribution in [2.75, 3.05) is 25.0 Å². The van der Waals surface area contributed by atoms with Crippen LogP contribution in [-0.4, -0.2) is 24.6 Å². The van der Waals surface area contributed by atoms with E-state index in [0.29, 0.717) is 31.1 Å². The maximum absolute atomic E-state index is 10.8. The lowest BCUT2D eigenvalue weighted by Crippen LogP contribution is -2.02. The van der Waals surface area contributed by atoms with E-state index in [4.69, 9.17) is 10.5 Å². The first-order valence-electron chi connectivity index (χ1n) is 5.68. The van der Waals surface area contributed by atoms with Crippen molar-refractivity contribution in [3.63, 3.8) is 0 Å². The molecular formula is C12H17N3O3. The van der Waals surface area contributed by atoms with Crippen molar-refractivity contribution in [1.29, 1.82) is 0 Å². The Morgan fingerprint density at radius 3 is 2.83 bits per heavy atom. The molecule has 0 aliphatic carbocycles. The number of nitrogens with two attached hydrogens (primary N) is 1. The molecule has 0 aliphatic heterocycles. The highest BCUT2D eigenvalue weighted by atomic mass is 16.6. The first-order chi connectivity index (χ1) is 8.67. The van der Waals surface area contributed by atoms with E-state index in [2.05, 4.69) is 5.32 Å². The number of nitrogens with one attached hydrogen (secondary N) is 1. The summed E-state index contributed by atoms with van der Waals surface area (Å²) in [4.78, 5) is 10.3. The van der Waals surface area contributed by atoms with Gasteiger partial charge in [0.1, 0.15) is 5.75 Å². The van der Waals surface area contributed by atoms with E-state index in [-0.39, 0.29) is 5.69 Å². The molecule has 3 N–H and O–H groups in total. The van der Waals surface area contributed by atoms with Gasteiger partial charge in [-0.2, -0.15) is 0 Å². The molecule has 0 heterocycles. The summed E-state index contributed by atoms with van der Waals surface area (Å²) in [6, 6.07) is 4.61. The van der Waals surface area contributed by atoms with Crippen LogP contribution in [0.25, 0.3) is 0 Å². The maximum atomic E-state index is 10.8. The van der Waals surface area contributed by atoms with Crippen molar-refractivity contribution in [2.24, 2.45) is 5.73 Å². The summed E-state index contributed by atoms with van der Waals surface area (Å²) < 4.78 is 5.28. The van der Waals surface area contributed by atoms with Crippen molar-refractivity contribution >= 4 is 11.4 Å². The third kappa shape index (κ3) is 4.42. The molecule has 0 unspecified atom stereocenters. The molecule has 0 amide bonds. The number of hydrogen-bond acceptors (Lipinski definition) is 5. The summed E-state index contributed by atoms with van der Waals surface area (Å²) in [6.07, 6.45) is 3.67. The van der Waals surface area contributed by atoms with E-state index in [1.54, 1.807) is 6.07 Å². The van der Waals surface area contributed by atoms with Gasteiger partial charge in [0, 0.05) is 30.9 Å². The Labute approximate surface area is 106 Å². The minimum absolute atomic E-state index is 0.00579. The number of ether oxygens (including phenoxy) is 1. The maximum Gasteiger partial charge on any atom is 0.275 e. The summed E-state index contributed by atoms with van der Waals surface area (Å²) >= 11 is 0. The monoisotopic (exact) mass is 251 g/mol. The van der Waals surface area contributed by atoms with E-state index >= 15 is 0 Å². The van der Waals surface area contributed by atoms with E-state index in [0.717, 1.165) is 0 Å². The van der Waals surface area contributed by atoms with Crippen LogP contribution in [0.2, 0.25) is 0 Å². The lowest BCUT2D eigenvalue weighted by Gasteiger charge is -2.07. The smallest absolute Gasteiger partial charge is 0.275 e. The minimum Gasteiger partial charge on any atom is -0.494 e. The van der Waals surface area contributed by atoms with Gasteiger partial charge in [0.05, 0.1) is 17.6 Å². The molecule has 0 fully saturated rings. The van der Waals surface area contributed by atoms with Crippen LogP contribution in [0.1, 0.15) is 6.92 Å². The van der Waals surface area contributed by atoms with E-state index in [9.17, 15) is 10.1 Å². The molecule has 0 saturated heterocycles. The van der Waals surface area contributed by atoms with E-state index < -0.39 is 4.92 Å². The van der Waals surface area contributed by atoms with E-state index in [1.165, 1.54) is 12.1 Å². The lowest BCUT2D eigenvalue weighted by molar-refractivity contribution is -0.384. The molecule has 0 spiro atoms. The van der Waals surface area contributed by atoms with Crippen LogP contribution in [0.15, 0.2) is 30.4 Å². The highest BCUT2D eigenvalue weighted by Crippen LogP contribution is 2.25. The van der Waals surface area contributed by atoms with Crippen molar-refractivity contribution in [3.8, 4) is 5.75 Å². The summed E-state index contributed by atoms with van der Waals surface area (Å²) in [5.74, 6) is 0.483. The fourth-order valence-electron chi connectivity index (χ4n) is 1.40. The van der Waals surface area contributed by atoms with Gasteiger partial charge in [-0.3, -0.25) is 10.1 Å². The number of anilines is 1. The zero-order valence-corrected chi connectivity index (χ0v) is 10.3. The molecule has 98 valence electrons. The Morgan fingerprint density at radius 1 is 1.44 bits per heavy atom. The topological polar surface area (TPSA) is 90.4 Å².